The summed E-state index contributed by atoms with van der Waals surface area (Å²) in [5.41, 5.74) is 5.95. The quantitative estimate of drug-likeness (QED) is 0.870. The van der Waals surface area contributed by atoms with Crippen LogP contribution in [0.15, 0.2) is 36.4 Å². The van der Waals surface area contributed by atoms with Gasteiger partial charge < -0.3 is 10.5 Å². The first-order valence-electron chi connectivity index (χ1n) is 5.72. The van der Waals surface area contributed by atoms with Gasteiger partial charge in [-0.05, 0) is 36.4 Å². The minimum Gasteiger partial charge on any atom is -0.488 e. The van der Waals surface area contributed by atoms with E-state index in [2.05, 4.69) is 17.9 Å². The zero-order chi connectivity index (χ0) is 13.5. The van der Waals surface area contributed by atoms with Crippen LogP contribution in [0.25, 0.3) is 0 Å². The molecule has 1 heterocycles. The van der Waals surface area contributed by atoms with Gasteiger partial charge in [-0.25, -0.2) is 0 Å². The third-order valence-corrected chi connectivity index (χ3v) is 3.31. The highest BCUT2D eigenvalue weighted by Gasteiger charge is 2.00. The van der Waals surface area contributed by atoms with Gasteiger partial charge in [0.2, 0.25) is 0 Å². The number of rotatable bonds is 3. The van der Waals surface area contributed by atoms with Gasteiger partial charge in [0.25, 0.3) is 0 Å². The van der Waals surface area contributed by atoms with Crippen molar-refractivity contribution in [2.75, 3.05) is 6.54 Å². The van der Waals surface area contributed by atoms with Crippen LogP contribution in [0.1, 0.15) is 15.3 Å². The van der Waals surface area contributed by atoms with Crippen molar-refractivity contribution in [2.45, 2.75) is 6.61 Å². The second-order valence-corrected chi connectivity index (χ2v) is 4.87. The zero-order valence-electron chi connectivity index (χ0n) is 10.2. The van der Waals surface area contributed by atoms with E-state index in [0.717, 1.165) is 15.5 Å². The number of nitrogens with zero attached hydrogens (tertiary/aromatic N) is 1. The summed E-state index contributed by atoms with van der Waals surface area (Å²) in [5, 5.41) is 8.70. The van der Waals surface area contributed by atoms with Crippen molar-refractivity contribution in [1.29, 1.82) is 5.26 Å². The number of hydrogen-bond donors (Lipinski definition) is 1. The lowest BCUT2D eigenvalue weighted by Gasteiger charge is -2.03. The van der Waals surface area contributed by atoms with Gasteiger partial charge in [-0.2, -0.15) is 5.26 Å². The molecule has 0 saturated heterocycles. The molecule has 0 fully saturated rings. The molecule has 2 rings (SSSR count). The Hall–Kier alpha value is -2.27. The molecule has 0 atom stereocenters. The maximum atomic E-state index is 8.70. The maximum absolute atomic E-state index is 8.70. The van der Waals surface area contributed by atoms with Crippen LogP contribution in [0.5, 0.6) is 5.75 Å². The van der Waals surface area contributed by atoms with Crippen molar-refractivity contribution in [1.82, 2.24) is 0 Å². The van der Waals surface area contributed by atoms with Crippen LogP contribution < -0.4 is 10.5 Å². The number of nitriles is 1. The molecule has 3 nitrogen and oxygen atoms in total. The summed E-state index contributed by atoms with van der Waals surface area (Å²) in [6, 6.07) is 13.1. The minimum absolute atomic E-state index is 0.370. The molecule has 0 unspecified atom stereocenters. The van der Waals surface area contributed by atoms with Gasteiger partial charge >= 0.3 is 0 Å². The van der Waals surface area contributed by atoms with Gasteiger partial charge in [0.05, 0.1) is 23.1 Å². The van der Waals surface area contributed by atoms with Crippen LogP contribution in [0.2, 0.25) is 0 Å². The molecule has 0 radical (unpaired) electrons. The van der Waals surface area contributed by atoms with Gasteiger partial charge in [-0.1, -0.05) is 11.8 Å². The highest BCUT2D eigenvalue weighted by atomic mass is 32.1. The largest absolute Gasteiger partial charge is 0.488 e. The summed E-state index contributed by atoms with van der Waals surface area (Å²) in [6.07, 6.45) is 0. The second-order valence-electron chi connectivity index (χ2n) is 3.70. The molecule has 94 valence electrons. The average molecular weight is 268 g/mol. The number of hydrogen-bond acceptors (Lipinski definition) is 4. The minimum atomic E-state index is 0.370. The Balaban J connectivity index is 1.94. The van der Waals surface area contributed by atoms with Gasteiger partial charge in [0, 0.05) is 4.88 Å². The maximum Gasteiger partial charge on any atom is 0.122 e. The summed E-state index contributed by atoms with van der Waals surface area (Å²) < 4.78 is 5.64. The van der Waals surface area contributed by atoms with E-state index < -0.39 is 0 Å². The first-order valence-corrected chi connectivity index (χ1v) is 6.54. The molecule has 0 amide bonds. The standard InChI is InChI=1S/C15H12N2OS/c16-9-1-2-14-7-8-15(19-14)11-18-13-5-3-12(10-17)4-6-13/h3-8H,9,11,16H2. The van der Waals surface area contributed by atoms with Crippen LogP contribution in [-0.2, 0) is 6.61 Å². The Kier molecular flexibility index (Phi) is 4.58. The summed E-state index contributed by atoms with van der Waals surface area (Å²) in [7, 11) is 0. The fourth-order valence-electron chi connectivity index (χ4n) is 1.44. The molecule has 1 aromatic carbocycles. The average Bonchev–Trinajstić information content (AvgIpc) is 2.91. The van der Waals surface area contributed by atoms with Crippen molar-refractivity contribution in [3.8, 4) is 23.7 Å². The molecule has 2 N–H and O–H groups in total. The Morgan fingerprint density at radius 1 is 1.16 bits per heavy atom. The Morgan fingerprint density at radius 2 is 1.95 bits per heavy atom. The Labute approximate surface area is 116 Å². The third-order valence-electron chi connectivity index (χ3n) is 2.34. The number of benzene rings is 1. The molecule has 0 saturated carbocycles. The van der Waals surface area contributed by atoms with E-state index in [1.165, 1.54) is 0 Å². The lowest BCUT2D eigenvalue weighted by atomic mass is 10.2. The van der Waals surface area contributed by atoms with E-state index in [4.69, 9.17) is 15.7 Å². The van der Waals surface area contributed by atoms with E-state index in [1.807, 2.05) is 12.1 Å². The topological polar surface area (TPSA) is 59.0 Å². The van der Waals surface area contributed by atoms with Crippen LogP contribution in [0.3, 0.4) is 0 Å². The molecule has 1 aromatic heterocycles. The Bertz CT molecular complexity index is 641. The molecule has 19 heavy (non-hydrogen) atoms. The molecular weight excluding hydrogens is 256 g/mol. The highest BCUT2D eigenvalue weighted by molar-refractivity contribution is 7.12. The van der Waals surface area contributed by atoms with E-state index in [9.17, 15) is 0 Å². The summed E-state index contributed by atoms with van der Waals surface area (Å²) in [5.74, 6) is 6.56. The Morgan fingerprint density at radius 3 is 2.63 bits per heavy atom. The van der Waals surface area contributed by atoms with Gasteiger partial charge in [0.15, 0.2) is 0 Å². The van der Waals surface area contributed by atoms with Crippen molar-refractivity contribution in [3.05, 3.63) is 51.7 Å². The smallest absolute Gasteiger partial charge is 0.122 e. The number of nitrogens with two attached hydrogens (primary N) is 1. The first-order chi connectivity index (χ1) is 9.31. The second kappa shape index (κ2) is 6.61. The van der Waals surface area contributed by atoms with Crippen molar-refractivity contribution in [3.63, 3.8) is 0 Å². The third kappa shape index (κ3) is 3.86. The fraction of sp³-hybridized carbons (Fsp3) is 0.133. The van der Waals surface area contributed by atoms with Crippen molar-refractivity contribution >= 4 is 11.3 Å². The van der Waals surface area contributed by atoms with E-state index in [-0.39, 0.29) is 0 Å². The predicted molar refractivity (Wildman–Crippen MR) is 75.7 cm³/mol. The lowest BCUT2D eigenvalue weighted by molar-refractivity contribution is 0.310. The van der Waals surface area contributed by atoms with Crippen LogP contribution >= 0.6 is 11.3 Å². The normalized spacial score (nSPS) is 9.26. The van der Waals surface area contributed by atoms with E-state index >= 15 is 0 Å². The molecule has 4 heteroatoms. The van der Waals surface area contributed by atoms with Crippen LogP contribution in [0.4, 0.5) is 0 Å². The van der Waals surface area contributed by atoms with Gasteiger partial charge in [-0.15, -0.1) is 11.3 Å². The zero-order valence-corrected chi connectivity index (χ0v) is 11.0. The van der Waals surface area contributed by atoms with Gasteiger partial charge in [0.1, 0.15) is 12.4 Å². The summed E-state index contributed by atoms with van der Waals surface area (Å²) >= 11 is 1.59. The molecule has 0 aliphatic heterocycles. The summed E-state index contributed by atoms with van der Waals surface area (Å²) in [4.78, 5) is 2.09. The molecular formula is C15H12N2OS. The number of thiophene rings is 1. The predicted octanol–water partition coefficient (Wildman–Crippen LogP) is 2.51. The molecule has 0 aliphatic rings. The van der Waals surface area contributed by atoms with Crippen molar-refractivity contribution in [2.24, 2.45) is 5.73 Å². The first kappa shape index (κ1) is 13.2. The highest BCUT2D eigenvalue weighted by Crippen LogP contribution is 2.19. The molecule has 2 aromatic rings. The monoisotopic (exact) mass is 268 g/mol. The van der Waals surface area contributed by atoms with Crippen LogP contribution in [0, 0.1) is 23.2 Å². The number of ether oxygens (including phenoxy) is 1. The molecule has 0 bridgehead atoms. The van der Waals surface area contributed by atoms with Crippen molar-refractivity contribution < 1.29 is 4.74 Å². The SMILES string of the molecule is N#Cc1ccc(OCc2ccc(C#CCN)s2)cc1. The van der Waals surface area contributed by atoms with E-state index in [1.54, 1.807) is 35.6 Å². The lowest BCUT2D eigenvalue weighted by Crippen LogP contribution is -1.92. The molecule has 0 spiro atoms. The molecule has 0 aliphatic carbocycles. The van der Waals surface area contributed by atoms with Crippen LogP contribution in [-0.4, -0.2) is 6.54 Å². The van der Waals surface area contributed by atoms with E-state index in [0.29, 0.717) is 18.7 Å². The summed E-state index contributed by atoms with van der Waals surface area (Å²) in [6.45, 7) is 0.871. The van der Waals surface area contributed by atoms with Gasteiger partial charge in [-0.3, -0.25) is 0 Å². The fourth-order valence-corrected chi connectivity index (χ4v) is 2.24.